The van der Waals surface area contributed by atoms with E-state index in [-0.39, 0.29) is 24.0 Å². The summed E-state index contributed by atoms with van der Waals surface area (Å²) < 4.78 is 0. The van der Waals surface area contributed by atoms with Crippen LogP contribution < -0.4 is 0 Å². The molecule has 0 amide bonds. The Kier molecular flexibility index (Phi) is 11.3. The van der Waals surface area contributed by atoms with Gasteiger partial charge in [-0.3, -0.25) is 4.79 Å². The number of unbranched alkanes of at least 4 members (excludes halogenated alkanes) is 6. The Labute approximate surface area is 157 Å². The topological polar surface area (TPSA) is 74.6 Å². The Balaban J connectivity index is 2.33. The number of aliphatic hydroxyl groups excluding tert-OH is 1. The summed E-state index contributed by atoms with van der Waals surface area (Å²) in [6.07, 6.45) is 19.1. The maximum absolute atomic E-state index is 12.0. The van der Waals surface area contributed by atoms with Gasteiger partial charge in [-0.25, -0.2) is 4.79 Å². The Morgan fingerprint density at radius 3 is 2.69 bits per heavy atom. The highest BCUT2D eigenvalue weighted by Crippen LogP contribution is 2.27. The molecule has 4 heteroatoms. The van der Waals surface area contributed by atoms with Crippen LogP contribution in [0.1, 0.15) is 64.7 Å². The zero-order valence-electron chi connectivity index (χ0n) is 15.8. The third-order valence-corrected chi connectivity index (χ3v) is 4.63. The number of hydrogen-bond acceptors (Lipinski definition) is 3. The molecule has 26 heavy (non-hydrogen) atoms. The third-order valence-electron chi connectivity index (χ3n) is 4.63. The fourth-order valence-corrected chi connectivity index (χ4v) is 2.98. The van der Waals surface area contributed by atoms with Crippen LogP contribution in [0.4, 0.5) is 0 Å². The SMILES string of the molecule is CCCCCCCCC=C[C@H]1C=CC(=O)[C@@H]1CC=C=CCC(O)C(=O)O. The molecule has 2 N–H and O–H groups in total. The fourth-order valence-electron chi connectivity index (χ4n) is 2.98. The summed E-state index contributed by atoms with van der Waals surface area (Å²) >= 11 is 0. The van der Waals surface area contributed by atoms with Gasteiger partial charge < -0.3 is 10.2 Å². The van der Waals surface area contributed by atoms with Crippen LogP contribution in [0, 0.1) is 11.8 Å². The maximum Gasteiger partial charge on any atom is 0.332 e. The number of aliphatic hydroxyl groups is 1. The van der Waals surface area contributed by atoms with Crippen molar-refractivity contribution in [3.63, 3.8) is 0 Å². The Morgan fingerprint density at radius 2 is 1.96 bits per heavy atom. The Hall–Kier alpha value is -1.90. The molecule has 0 bridgehead atoms. The van der Waals surface area contributed by atoms with Gasteiger partial charge in [0.05, 0.1) is 0 Å². The zero-order valence-corrected chi connectivity index (χ0v) is 15.8. The molecule has 1 aliphatic carbocycles. The lowest BCUT2D eigenvalue weighted by atomic mass is 9.91. The zero-order chi connectivity index (χ0) is 19.2. The van der Waals surface area contributed by atoms with Crippen LogP contribution in [0.2, 0.25) is 0 Å². The molecule has 1 aliphatic rings. The second-order valence-corrected chi connectivity index (χ2v) is 6.83. The summed E-state index contributed by atoms with van der Waals surface area (Å²) in [5, 5.41) is 17.8. The Morgan fingerprint density at radius 1 is 1.23 bits per heavy atom. The van der Waals surface area contributed by atoms with Crippen LogP contribution in [-0.2, 0) is 9.59 Å². The van der Waals surface area contributed by atoms with E-state index in [1.54, 1.807) is 12.2 Å². The predicted octanol–water partition coefficient (Wildman–Crippen LogP) is 4.60. The van der Waals surface area contributed by atoms with Gasteiger partial charge in [-0.2, -0.15) is 0 Å². The number of carbonyl (C=O) groups is 2. The molecule has 4 nitrogen and oxygen atoms in total. The van der Waals surface area contributed by atoms with Gasteiger partial charge in [0.15, 0.2) is 11.9 Å². The normalized spacial score (nSPS) is 20.3. The second-order valence-electron chi connectivity index (χ2n) is 6.83. The fraction of sp³-hybridized carbons (Fsp3) is 0.591. The lowest BCUT2D eigenvalue weighted by Gasteiger charge is -2.12. The molecular formula is C22H32O4. The van der Waals surface area contributed by atoms with Crippen LogP contribution in [0.25, 0.3) is 0 Å². The van der Waals surface area contributed by atoms with Gasteiger partial charge in [0, 0.05) is 18.3 Å². The summed E-state index contributed by atoms with van der Waals surface area (Å²) in [6.45, 7) is 2.22. The van der Waals surface area contributed by atoms with Crippen LogP contribution in [0.5, 0.6) is 0 Å². The molecule has 0 aliphatic heterocycles. The molecule has 3 atom stereocenters. The summed E-state index contributed by atoms with van der Waals surface area (Å²) in [5.41, 5.74) is 2.86. The maximum atomic E-state index is 12.0. The summed E-state index contributed by atoms with van der Waals surface area (Å²) in [4.78, 5) is 22.5. The van der Waals surface area contributed by atoms with Crippen molar-refractivity contribution in [3.05, 3.63) is 42.2 Å². The van der Waals surface area contributed by atoms with Crippen molar-refractivity contribution in [1.29, 1.82) is 0 Å². The minimum Gasteiger partial charge on any atom is -0.479 e. The van der Waals surface area contributed by atoms with Crippen molar-refractivity contribution >= 4 is 11.8 Å². The molecule has 0 radical (unpaired) electrons. The molecule has 0 aromatic rings. The first-order valence-corrected chi connectivity index (χ1v) is 9.75. The van der Waals surface area contributed by atoms with E-state index in [1.165, 1.54) is 44.6 Å². The highest BCUT2D eigenvalue weighted by atomic mass is 16.4. The monoisotopic (exact) mass is 360 g/mol. The van der Waals surface area contributed by atoms with Gasteiger partial charge in [-0.15, -0.1) is 5.73 Å². The number of allylic oxidation sites excluding steroid dienone is 4. The number of carbonyl (C=O) groups excluding carboxylic acids is 1. The average Bonchev–Trinajstić information content (AvgIpc) is 2.96. The number of carboxylic acid groups (broad SMARTS) is 1. The highest BCUT2D eigenvalue weighted by Gasteiger charge is 2.26. The molecule has 0 heterocycles. The molecule has 0 aromatic heterocycles. The third kappa shape index (κ3) is 8.98. The van der Waals surface area contributed by atoms with Gasteiger partial charge in [0.2, 0.25) is 0 Å². The largest absolute Gasteiger partial charge is 0.479 e. The van der Waals surface area contributed by atoms with E-state index in [0.717, 1.165) is 6.42 Å². The quantitative estimate of drug-likeness (QED) is 0.286. The minimum absolute atomic E-state index is 0.0181. The van der Waals surface area contributed by atoms with Crippen LogP contribution >= 0.6 is 0 Å². The molecule has 0 aromatic carbocycles. The molecular weight excluding hydrogens is 328 g/mol. The van der Waals surface area contributed by atoms with E-state index in [9.17, 15) is 9.59 Å². The van der Waals surface area contributed by atoms with Crippen molar-refractivity contribution in [2.24, 2.45) is 11.8 Å². The standard InChI is InChI=1S/C22H32O4/c1-2-3-4-5-6-7-8-10-13-18-16-17-20(23)19(18)14-11-9-12-15-21(24)22(25)26/h10-13,16-19,21,24H,2-8,14-15H2,1H3,(H,25,26)/t9?,18-,19+,21?/m0/s1. The molecule has 0 fully saturated rings. The van der Waals surface area contributed by atoms with Gasteiger partial charge in [0.25, 0.3) is 0 Å². The number of aliphatic carboxylic acids is 1. The van der Waals surface area contributed by atoms with E-state index >= 15 is 0 Å². The van der Waals surface area contributed by atoms with E-state index in [0.29, 0.717) is 6.42 Å². The van der Waals surface area contributed by atoms with E-state index in [2.05, 4.69) is 24.8 Å². The predicted molar refractivity (Wildman–Crippen MR) is 104 cm³/mol. The lowest BCUT2D eigenvalue weighted by Crippen LogP contribution is -2.17. The van der Waals surface area contributed by atoms with Crippen molar-refractivity contribution < 1.29 is 19.8 Å². The summed E-state index contributed by atoms with van der Waals surface area (Å²) in [5.74, 6) is -1.08. The smallest absolute Gasteiger partial charge is 0.332 e. The van der Waals surface area contributed by atoms with Gasteiger partial charge >= 0.3 is 5.97 Å². The van der Waals surface area contributed by atoms with E-state index < -0.39 is 12.1 Å². The molecule has 1 rings (SSSR count). The highest BCUT2D eigenvalue weighted by molar-refractivity contribution is 5.95. The van der Waals surface area contributed by atoms with Crippen molar-refractivity contribution in [2.45, 2.75) is 70.8 Å². The number of ketones is 1. The van der Waals surface area contributed by atoms with E-state index in [1.807, 2.05) is 6.08 Å². The molecule has 1 unspecified atom stereocenters. The first-order chi connectivity index (χ1) is 12.6. The Bertz CT molecular complexity index is 552. The van der Waals surface area contributed by atoms with Crippen LogP contribution in [-0.4, -0.2) is 28.1 Å². The average molecular weight is 360 g/mol. The van der Waals surface area contributed by atoms with Crippen LogP contribution in [0.3, 0.4) is 0 Å². The summed E-state index contributed by atoms with van der Waals surface area (Å²) in [6, 6.07) is 0. The lowest BCUT2D eigenvalue weighted by molar-refractivity contribution is -0.146. The van der Waals surface area contributed by atoms with Gasteiger partial charge in [-0.1, -0.05) is 57.3 Å². The second kappa shape index (κ2) is 13.3. The number of rotatable bonds is 13. The first kappa shape index (κ1) is 22.1. The van der Waals surface area contributed by atoms with Crippen molar-refractivity contribution in [3.8, 4) is 0 Å². The van der Waals surface area contributed by atoms with Gasteiger partial charge in [0.1, 0.15) is 0 Å². The molecule has 0 saturated carbocycles. The summed E-state index contributed by atoms with van der Waals surface area (Å²) in [7, 11) is 0. The molecule has 0 saturated heterocycles. The van der Waals surface area contributed by atoms with Crippen molar-refractivity contribution in [1.82, 2.24) is 0 Å². The molecule has 144 valence electrons. The number of hydrogen-bond donors (Lipinski definition) is 2. The minimum atomic E-state index is -1.40. The van der Waals surface area contributed by atoms with Crippen LogP contribution in [0.15, 0.2) is 42.2 Å². The van der Waals surface area contributed by atoms with Gasteiger partial charge in [-0.05, 0) is 37.5 Å². The van der Waals surface area contributed by atoms with Crippen molar-refractivity contribution in [2.75, 3.05) is 0 Å². The number of carboxylic acids is 1. The first-order valence-electron chi connectivity index (χ1n) is 9.75. The van der Waals surface area contributed by atoms with E-state index in [4.69, 9.17) is 10.2 Å². The molecule has 0 spiro atoms.